The molecule has 6 nitrogen and oxygen atoms in total. The van der Waals surface area contributed by atoms with Crippen molar-refractivity contribution in [2.75, 3.05) is 25.5 Å². The first-order valence-corrected chi connectivity index (χ1v) is 6.05. The van der Waals surface area contributed by atoms with Crippen LogP contribution in [-0.2, 0) is 20.7 Å². The molecule has 0 saturated carbocycles. The summed E-state index contributed by atoms with van der Waals surface area (Å²) in [6, 6.07) is 7.46. The minimum atomic E-state index is -0.522. The second-order valence-corrected chi connectivity index (χ2v) is 4.07. The first-order valence-electron chi connectivity index (χ1n) is 6.05. The first kappa shape index (κ1) is 15.0. The number of rotatable bonds is 8. The Bertz CT molecular complexity index is 435. The Balaban J connectivity index is 2.15. The summed E-state index contributed by atoms with van der Waals surface area (Å²) in [6.07, 6.45) is 0.963. The van der Waals surface area contributed by atoms with E-state index in [2.05, 4.69) is 5.32 Å². The molecule has 0 atom stereocenters. The maximum absolute atomic E-state index is 11.5. The molecule has 0 aliphatic rings. The lowest BCUT2D eigenvalue weighted by atomic mass is 10.1. The van der Waals surface area contributed by atoms with Gasteiger partial charge in [-0.15, -0.1) is 0 Å². The molecule has 2 amide bonds. The number of para-hydroxylation sites is 1. The number of nitrogen functional groups attached to an aromatic ring is 1. The van der Waals surface area contributed by atoms with Gasteiger partial charge in [-0.2, -0.15) is 0 Å². The highest BCUT2D eigenvalue weighted by atomic mass is 16.5. The van der Waals surface area contributed by atoms with Gasteiger partial charge >= 0.3 is 0 Å². The van der Waals surface area contributed by atoms with E-state index in [1.54, 1.807) is 0 Å². The zero-order valence-electron chi connectivity index (χ0n) is 10.7. The second kappa shape index (κ2) is 8.10. The number of ether oxygens (including phenoxy) is 1. The minimum Gasteiger partial charge on any atom is -0.399 e. The van der Waals surface area contributed by atoms with Gasteiger partial charge in [0.15, 0.2) is 0 Å². The van der Waals surface area contributed by atoms with Gasteiger partial charge in [-0.1, -0.05) is 18.2 Å². The number of carbonyl (C=O) groups is 2. The Kier molecular flexibility index (Phi) is 6.38. The van der Waals surface area contributed by atoms with Crippen LogP contribution in [0.1, 0.15) is 12.0 Å². The van der Waals surface area contributed by atoms with Crippen molar-refractivity contribution in [1.29, 1.82) is 0 Å². The number of carbonyl (C=O) groups excluding carboxylic acids is 2. The molecule has 0 bridgehead atoms. The van der Waals surface area contributed by atoms with E-state index >= 15 is 0 Å². The smallest absolute Gasteiger partial charge is 0.243 e. The van der Waals surface area contributed by atoms with Crippen LogP contribution in [0.2, 0.25) is 0 Å². The van der Waals surface area contributed by atoms with Gasteiger partial charge < -0.3 is 21.5 Å². The molecule has 6 heteroatoms. The Morgan fingerprint density at radius 2 is 2.00 bits per heavy atom. The zero-order chi connectivity index (χ0) is 14.1. The monoisotopic (exact) mass is 265 g/mol. The number of primary amides is 1. The lowest BCUT2D eigenvalue weighted by molar-refractivity contribution is -0.122. The van der Waals surface area contributed by atoms with Gasteiger partial charge in [0, 0.05) is 18.7 Å². The van der Waals surface area contributed by atoms with Crippen LogP contribution in [0.4, 0.5) is 5.69 Å². The summed E-state index contributed by atoms with van der Waals surface area (Å²) < 4.78 is 4.92. The predicted octanol–water partition coefficient (Wildman–Crippen LogP) is -0.180. The minimum absolute atomic E-state index is 0.0778. The first-order chi connectivity index (χ1) is 9.09. The van der Waals surface area contributed by atoms with Crippen LogP contribution in [0, 0.1) is 0 Å². The molecule has 0 unspecified atom stereocenters. The average molecular weight is 265 g/mol. The van der Waals surface area contributed by atoms with Gasteiger partial charge in [0.25, 0.3) is 0 Å². The van der Waals surface area contributed by atoms with Crippen molar-refractivity contribution in [2.45, 2.75) is 12.8 Å². The van der Waals surface area contributed by atoms with E-state index in [1.165, 1.54) is 0 Å². The second-order valence-electron chi connectivity index (χ2n) is 4.07. The summed E-state index contributed by atoms with van der Waals surface area (Å²) in [6.45, 7) is 0.495. The lowest BCUT2D eigenvalue weighted by Gasteiger charge is -2.07. The van der Waals surface area contributed by atoms with Crippen molar-refractivity contribution in [3.63, 3.8) is 0 Å². The number of amides is 2. The molecule has 0 heterocycles. The van der Waals surface area contributed by atoms with Gasteiger partial charge in [0.05, 0.1) is 6.61 Å². The Morgan fingerprint density at radius 1 is 1.26 bits per heavy atom. The molecule has 0 aliphatic heterocycles. The molecule has 0 saturated heterocycles. The average Bonchev–Trinajstić information content (AvgIpc) is 2.37. The van der Waals surface area contributed by atoms with E-state index in [-0.39, 0.29) is 19.1 Å². The molecular weight excluding hydrogens is 246 g/mol. The SMILES string of the molecule is NC(=O)COCCNC(=O)CCc1ccccc1N. The van der Waals surface area contributed by atoms with Crippen molar-refractivity contribution >= 4 is 17.5 Å². The topological polar surface area (TPSA) is 107 Å². The quantitative estimate of drug-likeness (QED) is 0.447. The van der Waals surface area contributed by atoms with Gasteiger partial charge in [-0.3, -0.25) is 9.59 Å². The maximum Gasteiger partial charge on any atom is 0.243 e. The van der Waals surface area contributed by atoms with Crippen LogP contribution >= 0.6 is 0 Å². The third-order valence-electron chi connectivity index (χ3n) is 2.49. The van der Waals surface area contributed by atoms with E-state index in [1.807, 2.05) is 24.3 Å². The molecule has 0 aliphatic carbocycles. The Morgan fingerprint density at radius 3 is 2.68 bits per heavy atom. The molecule has 104 valence electrons. The van der Waals surface area contributed by atoms with E-state index in [4.69, 9.17) is 16.2 Å². The van der Waals surface area contributed by atoms with E-state index in [0.717, 1.165) is 5.56 Å². The predicted molar refractivity (Wildman–Crippen MR) is 72.2 cm³/mol. The van der Waals surface area contributed by atoms with Crippen molar-refractivity contribution in [2.24, 2.45) is 5.73 Å². The highest BCUT2D eigenvalue weighted by Crippen LogP contribution is 2.12. The summed E-state index contributed by atoms with van der Waals surface area (Å²) in [5.41, 5.74) is 12.3. The van der Waals surface area contributed by atoms with Crippen LogP contribution in [0.5, 0.6) is 0 Å². The highest BCUT2D eigenvalue weighted by Gasteiger charge is 2.04. The molecule has 0 spiro atoms. The van der Waals surface area contributed by atoms with Crippen LogP contribution in [0.25, 0.3) is 0 Å². The normalized spacial score (nSPS) is 10.1. The fourth-order valence-electron chi connectivity index (χ4n) is 1.53. The standard InChI is InChI=1S/C13H19N3O3/c14-11-4-2-1-3-10(11)5-6-13(18)16-7-8-19-9-12(15)17/h1-4H,5-9,14H2,(H2,15,17)(H,16,18). The molecule has 1 aromatic carbocycles. The van der Waals surface area contributed by atoms with Crippen LogP contribution in [0.15, 0.2) is 24.3 Å². The Hall–Kier alpha value is -2.08. The number of hydrogen-bond donors (Lipinski definition) is 3. The lowest BCUT2D eigenvalue weighted by Crippen LogP contribution is -2.29. The van der Waals surface area contributed by atoms with Crippen molar-refractivity contribution in [3.8, 4) is 0 Å². The number of hydrogen-bond acceptors (Lipinski definition) is 4. The molecule has 0 radical (unpaired) electrons. The molecular formula is C13H19N3O3. The van der Waals surface area contributed by atoms with Crippen LogP contribution in [-0.4, -0.2) is 31.6 Å². The largest absolute Gasteiger partial charge is 0.399 e. The summed E-state index contributed by atoms with van der Waals surface area (Å²) in [5, 5.41) is 2.69. The number of aryl methyl sites for hydroxylation is 1. The molecule has 0 fully saturated rings. The number of anilines is 1. The number of nitrogens with one attached hydrogen (secondary N) is 1. The van der Waals surface area contributed by atoms with Crippen molar-refractivity contribution in [3.05, 3.63) is 29.8 Å². The number of nitrogens with two attached hydrogens (primary N) is 2. The van der Waals surface area contributed by atoms with Crippen LogP contribution < -0.4 is 16.8 Å². The molecule has 0 aromatic heterocycles. The fourth-order valence-corrected chi connectivity index (χ4v) is 1.53. The third-order valence-corrected chi connectivity index (χ3v) is 2.49. The summed E-state index contributed by atoms with van der Waals surface area (Å²) in [5.74, 6) is -0.600. The summed E-state index contributed by atoms with van der Waals surface area (Å²) in [7, 11) is 0. The molecule has 1 aromatic rings. The van der Waals surface area contributed by atoms with Gasteiger partial charge in [-0.05, 0) is 18.1 Å². The molecule has 5 N–H and O–H groups in total. The molecule has 1 rings (SSSR count). The van der Waals surface area contributed by atoms with Crippen LogP contribution in [0.3, 0.4) is 0 Å². The third kappa shape index (κ3) is 6.42. The molecule has 19 heavy (non-hydrogen) atoms. The highest BCUT2D eigenvalue weighted by molar-refractivity contribution is 5.76. The van der Waals surface area contributed by atoms with Gasteiger partial charge in [0.2, 0.25) is 11.8 Å². The van der Waals surface area contributed by atoms with E-state index in [0.29, 0.717) is 25.1 Å². The van der Waals surface area contributed by atoms with Gasteiger partial charge in [-0.25, -0.2) is 0 Å². The fraction of sp³-hybridized carbons (Fsp3) is 0.385. The van der Waals surface area contributed by atoms with E-state index in [9.17, 15) is 9.59 Å². The summed E-state index contributed by atoms with van der Waals surface area (Å²) >= 11 is 0. The zero-order valence-corrected chi connectivity index (χ0v) is 10.7. The summed E-state index contributed by atoms with van der Waals surface area (Å²) in [4.78, 5) is 21.9. The number of benzene rings is 1. The Labute approximate surface area is 112 Å². The maximum atomic E-state index is 11.5. The van der Waals surface area contributed by atoms with Crippen molar-refractivity contribution < 1.29 is 14.3 Å². The van der Waals surface area contributed by atoms with Gasteiger partial charge in [0.1, 0.15) is 6.61 Å². The van der Waals surface area contributed by atoms with E-state index < -0.39 is 5.91 Å². The van der Waals surface area contributed by atoms with Crippen molar-refractivity contribution in [1.82, 2.24) is 5.32 Å².